The second-order valence-electron chi connectivity index (χ2n) is 10.6. The molecule has 11 heteroatoms. The fourth-order valence-corrected chi connectivity index (χ4v) is 6.72. The van der Waals surface area contributed by atoms with Crippen molar-refractivity contribution in [1.29, 1.82) is 0 Å². The molecule has 1 spiro atoms. The molecule has 3 atom stereocenters. The van der Waals surface area contributed by atoms with Crippen LogP contribution in [0.1, 0.15) is 53.9 Å². The molecule has 41 heavy (non-hydrogen) atoms. The predicted octanol–water partition coefficient (Wildman–Crippen LogP) is 6.42. The lowest BCUT2D eigenvalue weighted by atomic mass is 9.81. The summed E-state index contributed by atoms with van der Waals surface area (Å²) in [6.45, 7) is 5.89. The third-order valence-electron chi connectivity index (χ3n) is 8.02. The van der Waals surface area contributed by atoms with Gasteiger partial charge in [-0.25, -0.2) is 9.38 Å². The van der Waals surface area contributed by atoms with Crippen LogP contribution in [0.4, 0.5) is 15.8 Å². The number of halogens is 3. The van der Waals surface area contributed by atoms with E-state index in [9.17, 15) is 9.59 Å². The normalized spacial score (nSPS) is 23.1. The number of benzene rings is 2. The van der Waals surface area contributed by atoms with Crippen molar-refractivity contribution in [1.82, 2.24) is 4.57 Å². The summed E-state index contributed by atoms with van der Waals surface area (Å²) < 4.78 is 28.7. The number of hydrogen-bond donors (Lipinski definition) is 1. The van der Waals surface area contributed by atoms with E-state index in [4.69, 9.17) is 32.7 Å². The monoisotopic (exact) mass is 596 g/mol. The summed E-state index contributed by atoms with van der Waals surface area (Å²) in [6, 6.07) is 8.91. The number of amides is 2. The number of carbonyl (C=O) groups is 2. The lowest BCUT2D eigenvalue weighted by Crippen LogP contribution is -2.51. The minimum absolute atomic E-state index is 0.104. The molecule has 0 saturated carbocycles. The fraction of sp³-hybridized carbons (Fsp3) is 0.300. The van der Waals surface area contributed by atoms with Gasteiger partial charge in [0.1, 0.15) is 11.9 Å². The molecular formula is C30H27Cl2FN4O4. The Bertz CT molecular complexity index is 1700. The Morgan fingerprint density at radius 1 is 1.10 bits per heavy atom. The number of methoxy groups -OCH3 is 2. The molecule has 0 aliphatic carbocycles. The Morgan fingerprint density at radius 3 is 2.49 bits per heavy atom. The number of carbonyl (C=O) groups excluding carboxylic acids is 2. The van der Waals surface area contributed by atoms with Gasteiger partial charge < -0.3 is 19.4 Å². The van der Waals surface area contributed by atoms with Crippen LogP contribution in [0.15, 0.2) is 53.8 Å². The summed E-state index contributed by atoms with van der Waals surface area (Å²) in [4.78, 5) is 34.4. The molecule has 2 aromatic carbocycles. The highest BCUT2D eigenvalue weighted by atomic mass is 35.5. The summed E-state index contributed by atoms with van der Waals surface area (Å²) in [5, 5.41) is 3.53. The average molecular weight is 597 g/mol. The summed E-state index contributed by atoms with van der Waals surface area (Å²) in [5.74, 6) is -1.62. The lowest BCUT2D eigenvalue weighted by Gasteiger charge is -2.36. The Labute approximate surface area is 246 Å². The van der Waals surface area contributed by atoms with Crippen LogP contribution >= 0.6 is 23.2 Å². The quantitative estimate of drug-likeness (QED) is 0.376. The van der Waals surface area contributed by atoms with E-state index in [0.717, 1.165) is 0 Å². The highest BCUT2D eigenvalue weighted by Crippen LogP contribution is 2.56. The predicted molar refractivity (Wildman–Crippen MR) is 156 cm³/mol. The van der Waals surface area contributed by atoms with Gasteiger partial charge in [0, 0.05) is 45.9 Å². The minimum Gasteiger partial charge on any atom is -0.484 e. The molecule has 3 unspecified atom stereocenters. The molecule has 1 N–H and O–H groups in total. The second-order valence-corrected chi connectivity index (χ2v) is 11.5. The van der Waals surface area contributed by atoms with Gasteiger partial charge in [-0.3, -0.25) is 14.5 Å². The molecule has 6 rings (SSSR count). The van der Waals surface area contributed by atoms with Crippen LogP contribution in [-0.2, 0) is 19.8 Å². The number of aromatic nitrogens is 1. The van der Waals surface area contributed by atoms with Gasteiger partial charge in [0.05, 0.1) is 36.2 Å². The standard InChI is InChI=1S/C30H27Cl2FN4O4/c1-14(2)25-24-18(13-36(25)23-12-34-27(41-5)15(3)26(23)40-4)28(38)37(22-11-17(32)7-9-20(22)33)30(24)19-8-6-16(31)10-21(19)35-29(30)39/h6-15,26H,1-5H3,(H,35,39). The Kier molecular flexibility index (Phi) is 6.52. The molecular weight excluding hydrogens is 570 g/mol. The Hall–Kier alpha value is -3.66. The fourth-order valence-electron chi connectivity index (χ4n) is 6.39. The largest absolute Gasteiger partial charge is 0.484 e. The summed E-state index contributed by atoms with van der Waals surface area (Å²) >= 11 is 12.6. The third kappa shape index (κ3) is 3.72. The van der Waals surface area contributed by atoms with E-state index in [0.29, 0.717) is 39.1 Å². The van der Waals surface area contributed by atoms with Gasteiger partial charge in [-0.2, -0.15) is 0 Å². The van der Waals surface area contributed by atoms with Gasteiger partial charge in [0.15, 0.2) is 11.4 Å². The average Bonchev–Trinajstić information content (AvgIpc) is 3.53. The topological polar surface area (TPSA) is 85.2 Å². The van der Waals surface area contributed by atoms with Gasteiger partial charge in [-0.1, -0.05) is 50.0 Å². The van der Waals surface area contributed by atoms with E-state index in [1.807, 2.05) is 25.3 Å². The van der Waals surface area contributed by atoms with Crippen molar-refractivity contribution in [3.63, 3.8) is 0 Å². The maximum Gasteiger partial charge on any atom is 0.261 e. The zero-order chi connectivity index (χ0) is 29.4. The van der Waals surface area contributed by atoms with Gasteiger partial charge in [0.2, 0.25) is 0 Å². The highest BCUT2D eigenvalue weighted by Gasteiger charge is 2.63. The van der Waals surface area contributed by atoms with Gasteiger partial charge in [0.25, 0.3) is 11.8 Å². The Balaban J connectivity index is 1.70. The van der Waals surface area contributed by atoms with Crippen LogP contribution in [-0.4, -0.2) is 42.6 Å². The number of anilines is 2. The number of nitrogens with zero attached hydrogens (tertiary/aromatic N) is 3. The van der Waals surface area contributed by atoms with Crippen LogP contribution in [0.5, 0.6) is 0 Å². The molecule has 8 nitrogen and oxygen atoms in total. The summed E-state index contributed by atoms with van der Waals surface area (Å²) in [7, 11) is 3.15. The lowest BCUT2D eigenvalue weighted by molar-refractivity contribution is -0.119. The first-order chi connectivity index (χ1) is 19.6. The van der Waals surface area contributed by atoms with Crippen LogP contribution < -0.4 is 10.2 Å². The maximum atomic E-state index is 15.5. The second kappa shape index (κ2) is 9.72. The van der Waals surface area contributed by atoms with E-state index in [1.54, 1.807) is 44.8 Å². The first-order valence-electron chi connectivity index (χ1n) is 13.1. The number of hydrogen-bond acceptors (Lipinski definition) is 5. The minimum atomic E-state index is -1.73. The van der Waals surface area contributed by atoms with Crippen molar-refractivity contribution in [2.45, 2.75) is 38.3 Å². The molecule has 3 aromatic rings. The van der Waals surface area contributed by atoms with E-state index in [1.165, 1.54) is 23.1 Å². The van der Waals surface area contributed by atoms with Gasteiger partial charge >= 0.3 is 0 Å². The molecule has 3 aliphatic rings. The van der Waals surface area contributed by atoms with E-state index >= 15 is 4.39 Å². The summed E-state index contributed by atoms with van der Waals surface area (Å²) in [5.41, 5.74) is 1.17. The Morgan fingerprint density at radius 2 is 1.80 bits per heavy atom. The highest BCUT2D eigenvalue weighted by molar-refractivity contribution is 6.32. The van der Waals surface area contributed by atoms with E-state index in [-0.39, 0.29) is 28.1 Å². The molecule has 212 valence electrons. The molecule has 0 fully saturated rings. The van der Waals surface area contributed by atoms with Crippen molar-refractivity contribution < 1.29 is 23.5 Å². The van der Waals surface area contributed by atoms with Gasteiger partial charge in [-0.05, 0) is 36.2 Å². The zero-order valence-corrected chi connectivity index (χ0v) is 24.5. The number of ether oxygens (including phenoxy) is 2. The summed E-state index contributed by atoms with van der Waals surface area (Å²) in [6.07, 6.45) is 2.89. The van der Waals surface area contributed by atoms with Crippen molar-refractivity contribution in [2.24, 2.45) is 10.9 Å². The molecule has 0 bridgehead atoms. The number of nitrogens with one attached hydrogen (secondary N) is 1. The van der Waals surface area contributed by atoms with Gasteiger partial charge in [-0.15, -0.1) is 0 Å². The van der Waals surface area contributed by atoms with Crippen LogP contribution in [0, 0.1) is 11.7 Å². The molecule has 3 aliphatic heterocycles. The third-order valence-corrected chi connectivity index (χ3v) is 8.49. The van der Waals surface area contributed by atoms with E-state index < -0.39 is 29.3 Å². The van der Waals surface area contributed by atoms with Crippen molar-refractivity contribution in [3.05, 3.63) is 87.0 Å². The van der Waals surface area contributed by atoms with Crippen molar-refractivity contribution in [3.8, 4) is 0 Å². The van der Waals surface area contributed by atoms with E-state index in [2.05, 4.69) is 10.3 Å². The number of rotatable bonds is 4. The molecule has 1 aromatic heterocycles. The van der Waals surface area contributed by atoms with Crippen LogP contribution in [0.25, 0.3) is 5.70 Å². The zero-order valence-electron chi connectivity index (χ0n) is 23.0. The van der Waals surface area contributed by atoms with Crippen LogP contribution in [0.2, 0.25) is 10.0 Å². The number of aliphatic imine (C=N–C) groups is 1. The SMILES string of the molecule is COC1=NC=C(n2cc3c(c2C(C)C)C2(C(=O)Nc4cc(Cl)ccc42)N(c2cc(Cl)ccc2F)C3=O)C(OC)C1C. The molecule has 4 heterocycles. The van der Waals surface area contributed by atoms with Crippen molar-refractivity contribution in [2.75, 3.05) is 24.4 Å². The molecule has 0 radical (unpaired) electrons. The van der Waals surface area contributed by atoms with Crippen molar-refractivity contribution >= 4 is 58.0 Å². The maximum absolute atomic E-state index is 15.5. The molecule has 0 saturated heterocycles. The molecule has 2 amide bonds. The smallest absolute Gasteiger partial charge is 0.261 e. The number of fused-ring (bicyclic) bond motifs is 4. The van der Waals surface area contributed by atoms with Crippen LogP contribution in [0.3, 0.4) is 0 Å². The first kappa shape index (κ1) is 27.5. The first-order valence-corrected chi connectivity index (χ1v) is 13.8.